The van der Waals surface area contributed by atoms with Crippen LogP contribution in [0.3, 0.4) is 0 Å². The summed E-state index contributed by atoms with van der Waals surface area (Å²) in [4.78, 5) is -0.0307. The van der Waals surface area contributed by atoms with Gasteiger partial charge >= 0.3 is 6.18 Å². The highest BCUT2D eigenvalue weighted by Gasteiger charge is 2.27. The maximum absolute atomic E-state index is 12.0. The summed E-state index contributed by atoms with van der Waals surface area (Å²) in [5.74, 6) is 0. The van der Waals surface area contributed by atoms with Crippen LogP contribution >= 0.6 is 15.9 Å². The zero-order valence-corrected chi connectivity index (χ0v) is 13.2. The molecule has 0 saturated heterocycles. The summed E-state index contributed by atoms with van der Waals surface area (Å²) in [7, 11) is 0. The molecule has 0 aromatic heterocycles. The van der Waals surface area contributed by atoms with Gasteiger partial charge in [0.05, 0.1) is 0 Å². The minimum atomic E-state index is -4.27. The van der Waals surface area contributed by atoms with Crippen molar-refractivity contribution in [1.29, 1.82) is 0 Å². The Labute approximate surface area is 130 Å². The van der Waals surface area contributed by atoms with Crippen LogP contribution in [-0.4, -0.2) is 19.4 Å². The van der Waals surface area contributed by atoms with Gasteiger partial charge in [0.1, 0.15) is 6.61 Å². The van der Waals surface area contributed by atoms with Crippen molar-refractivity contribution < 1.29 is 17.9 Å². The lowest BCUT2D eigenvalue weighted by atomic mass is 9.96. The van der Waals surface area contributed by atoms with Crippen LogP contribution in [0.2, 0.25) is 0 Å². The average molecular weight is 361 g/mol. The number of alkyl halides is 4. The first-order valence-corrected chi connectivity index (χ1v) is 7.57. The fourth-order valence-corrected chi connectivity index (χ4v) is 3.13. The molecule has 1 nitrogen and oxygen atoms in total. The van der Waals surface area contributed by atoms with E-state index in [-0.39, 0.29) is 11.4 Å². The molecule has 0 spiro atoms. The van der Waals surface area contributed by atoms with Crippen LogP contribution in [-0.2, 0) is 4.74 Å². The van der Waals surface area contributed by atoms with E-state index in [0.717, 1.165) is 21.9 Å². The minimum Gasteiger partial charge on any atom is -0.372 e. The van der Waals surface area contributed by atoms with Crippen LogP contribution in [0.15, 0.2) is 36.4 Å². The minimum absolute atomic E-state index is 0.0307. The Bertz CT molecular complexity index is 610. The lowest BCUT2D eigenvalue weighted by Crippen LogP contribution is -2.17. The molecule has 114 valence electrons. The lowest BCUT2D eigenvalue weighted by molar-refractivity contribution is -0.174. The van der Waals surface area contributed by atoms with Gasteiger partial charge in [-0.25, -0.2) is 0 Å². The summed E-state index contributed by atoms with van der Waals surface area (Å²) < 4.78 is 40.8. The Morgan fingerprint density at radius 3 is 2.57 bits per heavy atom. The number of hydrogen-bond donors (Lipinski definition) is 0. The van der Waals surface area contributed by atoms with E-state index in [1.807, 2.05) is 43.3 Å². The van der Waals surface area contributed by atoms with Gasteiger partial charge in [0.15, 0.2) is 0 Å². The molecule has 0 heterocycles. The van der Waals surface area contributed by atoms with Crippen LogP contribution in [0.5, 0.6) is 0 Å². The summed E-state index contributed by atoms with van der Waals surface area (Å²) in [5, 5.41) is 2.24. The molecular formula is C16H16BrF3O. The Kier molecular flexibility index (Phi) is 5.27. The zero-order chi connectivity index (χ0) is 15.5. The van der Waals surface area contributed by atoms with Crippen molar-refractivity contribution in [2.24, 2.45) is 0 Å². The standard InChI is InChI=1S/C16H16BrF3O/c1-11-6-7-12-4-2-3-5-13(12)15(11)14(17)8-9-21-10-16(18,19)20/h2-7,14H,8-10H2,1H3. The Morgan fingerprint density at radius 2 is 1.86 bits per heavy atom. The molecule has 0 bridgehead atoms. The van der Waals surface area contributed by atoms with Gasteiger partial charge in [-0.15, -0.1) is 0 Å². The third kappa shape index (κ3) is 4.45. The van der Waals surface area contributed by atoms with Crippen molar-refractivity contribution in [3.05, 3.63) is 47.5 Å². The predicted molar refractivity (Wildman–Crippen MR) is 81.8 cm³/mol. The van der Waals surface area contributed by atoms with E-state index in [9.17, 15) is 13.2 Å². The molecule has 2 rings (SSSR count). The van der Waals surface area contributed by atoms with E-state index in [4.69, 9.17) is 0 Å². The molecule has 0 saturated carbocycles. The summed E-state index contributed by atoms with van der Waals surface area (Å²) in [6.07, 6.45) is -3.78. The van der Waals surface area contributed by atoms with E-state index < -0.39 is 12.8 Å². The van der Waals surface area contributed by atoms with Gasteiger partial charge < -0.3 is 4.74 Å². The highest BCUT2D eigenvalue weighted by molar-refractivity contribution is 9.09. The summed E-state index contributed by atoms with van der Waals surface area (Å²) in [6, 6.07) is 12.1. The Morgan fingerprint density at radius 1 is 1.14 bits per heavy atom. The maximum atomic E-state index is 12.0. The van der Waals surface area contributed by atoms with Crippen molar-refractivity contribution in [1.82, 2.24) is 0 Å². The van der Waals surface area contributed by atoms with Gasteiger partial charge in [0.2, 0.25) is 0 Å². The van der Waals surface area contributed by atoms with Gasteiger partial charge in [-0.3, -0.25) is 0 Å². The van der Waals surface area contributed by atoms with Crippen LogP contribution in [0, 0.1) is 6.92 Å². The average Bonchev–Trinajstić information content (AvgIpc) is 2.42. The van der Waals surface area contributed by atoms with Gasteiger partial charge in [-0.1, -0.05) is 52.3 Å². The predicted octanol–water partition coefficient (Wildman–Crippen LogP) is 5.55. The lowest BCUT2D eigenvalue weighted by Gasteiger charge is -2.16. The summed E-state index contributed by atoms with van der Waals surface area (Å²) in [5.41, 5.74) is 2.23. The quantitative estimate of drug-likeness (QED) is 0.501. The summed E-state index contributed by atoms with van der Waals surface area (Å²) >= 11 is 3.58. The monoisotopic (exact) mass is 360 g/mol. The van der Waals surface area contributed by atoms with Gasteiger partial charge in [0.25, 0.3) is 0 Å². The fourth-order valence-electron chi connectivity index (χ4n) is 2.34. The number of halogens is 4. The molecule has 2 aromatic carbocycles. The normalized spacial score (nSPS) is 13.6. The number of benzene rings is 2. The number of ether oxygens (including phenoxy) is 1. The Balaban J connectivity index is 2.09. The van der Waals surface area contributed by atoms with Gasteiger partial charge in [0, 0.05) is 11.4 Å². The second-order valence-electron chi connectivity index (χ2n) is 4.94. The van der Waals surface area contributed by atoms with Crippen LogP contribution in [0.1, 0.15) is 22.4 Å². The molecule has 1 unspecified atom stereocenters. The molecule has 0 N–H and O–H groups in total. The first kappa shape index (κ1) is 16.3. The van der Waals surface area contributed by atoms with Crippen molar-refractivity contribution in [3.63, 3.8) is 0 Å². The molecule has 0 fully saturated rings. The second kappa shape index (κ2) is 6.79. The van der Waals surface area contributed by atoms with Crippen LogP contribution < -0.4 is 0 Å². The fraction of sp³-hybridized carbons (Fsp3) is 0.375. The third-order valence-corrected chi connectivity index (χ3v) is 4.20. The van der Waals surface area contributed by atoms with E-state index in [0.29, 0.717) is 6.42 Å². The van der Waals surface area contributed by atoms with E-state index in [2.05, 4.69) is 20.7 Å². The molecule has 5 heteroatoms. The largest absolute Gasteiger partial charge is 0.411 e. The van der Waals surface area contributed by atoms with Crippen molar-refractivity contribution >= 4 is 26.7 Å². The molecule has 0 aliphatic heterocycles. The van der Waals surface area contributed by atoms with Crippen molar-refractivity contribution in [3.8, 4) is 0 Å². The molecule has 1 atom stereocenters. The van der Waals surface area contributed by atoms with Crippen LogP contribution in [0.25, 0.3) is 10.8 Å². The highest BCUT2D eigenvalue weighted by Crippen LogP contribution is 2.35. The zero-order valence-electron chi connectivity index (χ0n) is 11.6. The van der Waals surface area contributed by atoms with Gasteiger partial charge in [-0.2, -0.15) is 13.2 Å². The number of fused-ring (bicyclic) bond motifs is 1. The molecule has 21 heavy (non-hydrogen) atoms. The van der Waals surface area contributed by atoms with E-state index in [1.165, 1.54) is 0 Å². The van der Waals surface area contributed by atoms with Crippen LogP contribution in [0.4, 0.5) is 13.2 Å². The Hall–Kier alpha value is -1.07. The SMILES string of the molecule is Cc1ccc2ccccc2c1C(Br)CCOCC(F)(F)F. The molecule has 0 radical (unpaired) electrons. The first-order valence-electron chi connectivity index (χ1n) is 6.65. The number of aryl methyl sites for hydroxylation is 1. The molecule has 2 aromatic rings. The molecule has 0 aliphatic carbocycles. The van der Waals surface area contributed by atoms with E-state index in [1.54, 1.807) is 0 Å². The van der Waals surface area contributed by atoms with E-state index >= 15 is 0 Å². The van der Waals surface area contributed by atoms with Crippen molar-refractivity contribution in [2.75, 3.05) is 13.2 Å². The smallest absolute Gasteiger partial charge is 0.372 e. The second-order valence-corrected chi connectivity index (χ2v) is 6.05. The first-order chi connectivity index (χ1) is 9.88. The summed E-state index contributed by atoms with van der Waals surface area (Å²) in [6.45, 7) is 0.881. The van der Waals surface area contributed by atoms with Gasteiger partial charge in [-0.05, 0) is 35.2 Å². The molecule has 0 amide bonds. The molecular weight excluding hydrogens is 345 g/mol. The topological polar surface area (TPSA) is 9.23 Å². The third-order valence-electron chi connectivity index (χ3n) is 3.28. The highest BCUT2D eigenvalue weighted by atomic mass is 79.9. The van der Waals surface area contributed by atoms with Crippen molar-refractivity contribution in [2.45, 2.75) is 24.3 Å². The maximum Gasteiger partial charge on any atom is 0.411 e. The number of rotatable bonds is 5. The number of hydrogen-bond acceptors (Lipinski definition) is 1. The molecule has 0 aliphatic rings.